The number of hydrogen-bond acceptors (Lipinski definition) is 2. The zero-order chi connectivity index (χ0) is 14.7. The van der Waals surface area contributed by atoms with Crippen LogP contribution in [-0.4, -0.2) is 5.78 Å². The molecule has 0 saturated heterocycles. The second-order valence-corrected chi connectivity index (χ2v) is 4.84. The molecule has 0 aliphatic heterocycles. The summed E-state index contributed by atoms with van der Waals surface area (Å²) in [7, 11) is 0. The number of rotatable bonds is 3. The third kappa shape index (κ3) is 2.71. The molecule has 2 rings (SSSR count). The monoisotopic (exact) mass is 287 g/mol. The third-order valence-corrected chi connectivity index (χ3v) is 3.32. The number of hydrogen-bond donors (Lipinski definition) is 0. The molecule has 0 fully saturated rings. The Morgan fingerprint density at radius 1 is 1.30 bits per heavy atom. The van der Waals surface area contributed by atoms with Crippen LogP contribution in [0.3, 0.4) is 0 Å². The lowest BCUT2D eigenvalue weighted by molar-refractivity contribution is 0.0974. The summed E-state index contributed by atoms with van der Waals surface area (Å²) in [5.74, 6) is -2.29. The van der Waals surface area contributed by atoms with Gasteiger partial charge in [-0.1, -0.05) is 35.9 Å². The summed E-state index contributed by atoms with van der Waals surface area (Å²) in [6, 6.07) is 12.8. The lowest BCUT2D eigenvalue weighted by atomic mass is 9.89. The highest BCUT2D eigenvalue weighted by molar-refractivity contribution is 6.31. The summed E-state index contributed by atoms with van der Waals surface area (Å²) in [4.78, 5) is 12.4. The van der Waals surface area contributed by atoms with Gasteiger partial charge >= 0.3 is 0 Å². The van der Waals surface area contributed by atoms with Gasteiger partial charge in [-0.2, -0.15) is 5.26 Å². The largest absolute Gasteiger partial charge is 0.292 e. The number of benzene rings is 2. The number of halogens is 2. The van der Waals surface area contributed by atoms with Gasteiger partial charge in [0.25, 0.3) is 0 Å². The van der Waals surface area contributed by atoms with Crippen molar-refractivity contribution in [3.8, 4) is 6.07 Å². The van der Waals surface area contributed by atoms with Gasteiger partial charge in [-0.05, 0) is 36.2 Å². The molecule has 0 spiro atoms. The molecule has 100 valence electrons. The van der Waals surface area contributed by atoms with Crippen LogP contribution in [0.15, 0.2) is 42.5 Å². The van der Waals surface area contributed by atoms with Crippen molar-refractivity contribution < 1.29 is 9.18 Å². The first-order valence-corrected chi connectivity index (χ1v) is 6.37. The van der Waals surface area contributed by atoms with E-state index in [-0.39, 0.29) is 10.6 Å². The van der Waals surface area contributed by atoms with E-state index in [2.05, 4.69) is 0 Å². The fraction of sp³-hybridized carbons (Fsp3) is 0.125. The molecule has 0 aromatic heterocycles. The van der Waals surface area contributed by atoms with Gasteiger partial charge in [-0.3, -0.25) is 4.79 Å². The first-order valence-electron chi connectivity index (χ1n) is 5.99. The second-order valence-electron chi connectivity index (χ2n) is 4.41. The van der Waals surface area contributed by atoms with Gasteiger partial charge in [0.2, 0.25) is 0 Å². The van der Waals surface area contributed by atoms with Crippen LogP contribution in [0, 0.1) is 24.1 Å². The molecule has 1 unspecified atom stereocenters. The van der Waals surface area contributed by atoms with Crippen LogP contribution in [0.2, 0.25) is 5.02 Å². The lowest BCUT2D eigenvalue weighted by Crippen LogP contribution is -2.14. The van der Waals surface area contributed by atoms with Crippen molar-refractivity contribution in [3.63, 3.8) is 0 Å². The maximum atomic E-state index is 13.7. The minimum atomic E-state index is -1.04. The Bertz CT molecular complexity index is 706. The normalized spacial score (nSPS) is 11.7. The molecule has 0 heterocycles. The van der Waals surface area contributed by atoms with E-state index < -0.39 is 17.5 Å². The van der Waals surface area contributed by atoms with Crippen molar-refractivity contribution in [2.24, 2.45) is 0 Å². The average molecular weight is 288 g/mol. The predicted octanol–water partition coefficient (Wildman–Crippen LogP) is 4.28. The van der Waals surface area contributed by atoms with Crippen LogP contribution in [0.4, 0.5) is 4.39 Å². The number of ketones is 1. The fourth-order valence-electron chi connectivity index (χ4n) is 2.02. The molecule has 0 saturated carbocycles. The first kappa shape index (κ1) is 14.2. The maximum absolute atomic E-state index is 13.7. The zero-order valence-corrected chi connectivity index (χ0v) is 11.5. The minimum absolute atomic E-state index is 0.160. The molecule has 2 nitrogen and oxygen atoms in total. The molecule has 1 atom stereocenters. The molecule has 0 aliphatic rings. The van der Waals surface area contributed by atoms with Crippen LogP contribution >= 0.6 is 11.6 Å². The Balaban J connectivity index is 2.48. The van der Waals surface area contributed by atoms with Crippen LogP contribution in [0.5, 0.6) is 0 Å². The van der Waals surface area contributed by atoms with Gasteiger partial charge in [-0.25, -0.2) is 4.39 Å². The van der Waals surface area contributed by atoms with Gasteiger partial charge in [-0.15, -0.1) is 0 Å². The van der Waals surface area contributed by atoms with E-state index in [4.69, 9.17) is 11.6 Å². The van der Waals surface area contributed by atoms with E-state index in [0.29, 0.717) is 5.56 Å². The molecule has 20 heavy (non-hydrogen) atoms. The molecular weight excluding hydrogens is 277 g/mol. The number of nitriles is 1. The molecule has 0 aliphatic carbocycles. The topological polar surface area (TPSA) is 40.9 Å². The molecule has 0 amide bonds. The Morgan fingerprint density at radius 2 is 2.00 bits per heavy atom. The smallest absolute Gasteiger partial charge is 0.187 e. The summed E-state index contributed by atoms with van der Waals surface area (Å²) >= 11 is 5.78. The van der Waals surface area contributed by atoms with Crippen LogP contribution in [-0.2, 0) is 0 Å². The van der Waals surface area contributed by atoms with Crippen molar-refractivity contribution in [3.05, 3.63) is 70.0 Å². The van der Waals surface area contributed by atoms with Crippen LogP contribution in [0.25, 0.3) is 0 Å². The predicted molar refractivity (Wildman–Crippen MR) is 75.3 cm³/mol. The molecule has 2 aromatic rings. The van der Waals surface area contributed by atoms with Crippen molar-refractivity contribution in [2.75, 3.05) is 0 Å². The molecular formula is C16H11ClFNO. The Morgan fingerprint density at radius 3 is 2.65 bits per heavy atom. The minimum Gasteiger partial charge on any atom is -0.292 e. The third-order valence-electron chi connectivity index (χ3n) is 3.08. The summed E-state index contributed by atoms with van der Waals surface area (Å²) in [6.45, 7) is 1.81. The van der Waals surface area contributed by atoms with Crippen LogP contribution in [0.1, 0.15) is 27.4 Å². The van der Waals surface area contributed by atoms with E-state index >= 15 is 0 Å². The number of Topliss-reactive ketones (excluding diaryl/α,β-unsaturated/α-hetero) is 1. The highest BCUT2D eigenvalue weighted by atomic mass is 35.5. The highest BCUT2D eigenvalue weighted by Gasteiger charge is 2.25. The molecule has 2 aromatic carbocycles. The quantitative estimate of drug-likeness (QED) is 0.791. The van der Waals surface area contributed by atoms with E-state index in [0.717, 1.165) is 11.6 Å². The van der Waals surface area contributed by atoms with Gasteiger partial charge in [0, 0.05) is 5.02 Å². The zero-order valence-electron chi connectivity index (χ0n) is 10.7. The van der Waals surface area contributed by atoms with Crippen molar-refractivity contribution >= 4 is 17.4 Å². The number of nitrogens with zero attached hydrogens (tertiary/aromatic N) is 1. The van der Waals surface area contributed by atoms with Crippen LogP contribution < -0.4 is 0 Å². The summed E-state index contributed by atoms with van der Waals surface area (Å²) < 4.78 is 13.7. The number of carbonyl (C=O) groups excluding carboxylic acids is 1. The van der Waals surface area contributed by atoms with E-state index in [1.165, 1.54) is 12.1 Å². The molecule has 0 bridgehead atoms. The van der Waals surface area contributed by atoms with Crippen molar-refractivity contribution in [2.45, 2.75) is 12.8 Å². The lowest BCUT2D eigenvalue weighted by Gasteiger charge is -2.12. The Hall–Kier alpha value is -2.18. The fourth-order valence-corrected chi connectivity index (χ4v) is 2.19. The molecule has 0 radical (unpaired) electrons. The van der Waals surface area contributed by atoms with E-state index in [1.807, 2.05) is 12.1 Å². The van der Waals surface area contributed by atoms with Crippen molar-refractivity contribution in [1.82, 2.24) is 0 Å². The summed E-state index contributed by atoms with van der Waals surface area (Å²) in [5, 5.41) is 9.53. The maximum Gasteiger partial charge on any atom is 0.187 e. The molecule has 0 N–H and O–H groups in total. The van der Waals surface area contributed by atoms with Gasteiger partial charge in [0.15, 0.2) is 5.78 Å². The highest BCUT2D eigenvalue weighted by Crippen LogP contribution is 2.26. The summed E-state index contributed by atoms with van der Waals surface area (Å²) in [5.41, 5.74) is 1.24. The Kier molecular flexibility index (Phi) is 4.16. The second kappa shape index (κ2) is 5.85. The Labute approximate surface area is 121 Å². The average Bonchev–Trinajstić information content (AvgIpc) is 2.44. The SMILES string of the molecule is Cc1ccccc1C(C#N)C(=O)c1cc(Cl)ccc1F. The summed E-state index contributed by atoms with van der Waals surface area (Å²) in [6.07, 6.45) is 0. The van der Waals surface area contributed by atoms with E-state index in [1.54, 1.807) is 25.1 Å². The van der Waals surface area contributed by atoms with E-state index in [9.17, 15) is 14.4 Å². The van der Waals surface area contributed by atoms with Gasteiger partial charge in [0.1, 0.15) is 11.7 Å². The molecule has 4 heteroatoms. The number of carbonyl (C=O) groups is 1. The van der Waals surface area contributed by atoms with Gasteiger partial charge < -0.3 is 0 Å². The van der Waals surface area contributed by atoms with Gasteiger partial charge in [0.05, 0.1) is 11.6 Å². The standard InChI is InChI=1S/C16H11ClFNO/c1-10-4-2-3-5-12(10)14(9-19)16(20)13-8-11(17)6-7-15(13)18/h2-8,14H,1H3. The number of aryl methyl sites for hydroxylation is 1. The first-order chi connectivity index (χ1) is 9.54. The van der Waals surface area contributed by atoms with Crippen molar-refractivity contribution in [1.29, 1.82) is 5.26 Å².